The second-order valence-electron chi connectivity index (χ2n) is 5.62. The third kappa shape index (κ3) is 2.51. The van der Waals surface area contributed by atoms with E-state index in [9.17, 15) is 4.79 Å². The maximum Gasteiger partial charge on any atom is 0.256 e. The lowest BCUT2D eigenvalue weighted by Gasteiger charge is -2.11. The Morgan fingerprint density at radius 1 is 0.708 bits per heavy atom. The van der Waals surface area contributed by atoms with Crippen LogP contribution >= 0.6 is 11.6 Å². The quantitative estimate of drug-likeness (QED) is 0.487. The Labute approximate surface area is 144 Å². The second kappa shape index (κ2) is 5.99. The first-order chi connectivity index (χ1) is 11.7. The van der Waals surface area contributed by atoms with Crippen LogP contribution in [0.2, 0.25) is 5.02 Å². The molecule has 0 fully saturated rings. The zero-order valence-corrected chi connectivity index (χ0v) is 13.5. The molecule has 0 aliphatic rings. The van der Waals surface area contributed by atoms with Gasteiger partial charge >= 0.3 is 0 Å². The van der Waals surface area contributed by atoms with Crippen molar-refractivity contribution in [1.29, 1.82) is 0 Å². The molecule has 0 unspecified atom stereocenters. The summed E-state index contributed by atoms with van der Waals surface area (Å²) in [4.78, 5) is 12.8. The van der Waals surface area contributed by atoms with Crippen molar-refractivity contribution < 1.29 is 4.79 Å². The van der Waals surface area contributed by atoms with Crippen molar-refractivity contribution >= 4 is 44.7 Å². The van der Waals surface area contributed by atoms with E-state index in [2.05, 4.69) is 5.32 Å². The molecule has 1 N–H and O–H groups in total. The highest BCUT2D eigenvalue weighted by Crippen LogP contribution is 2.28. The van der Waals surface area contributed by atoms with Gasteiger partial charge in [-0.15, -0.1) is 0 Å². The number of anilines is 1. The molecule has 0 saturated heterocycles. The smallest absolute Gasteiger partial charge is 0.256 e. The van der Waals surface area contributed by atoms with Gasteiger partial charge in [0.25, 0.3) is 5.91 Å². The van der Waals surface area contributed by atoms with Crippen LogP contribution < -0.4 is 5.32 Å². The molecule has 2 nitrogen and oxygen atoms in total. The van der Waals surface area contributed by atoms with E-state index in [0.29, 0.717) is 10.6 Å². The van der Waals surface area contributed by atoms with Gasteiger partial charge in [-0.05, 0) is 29.0 Å². The van der Waals surface area contributed by atoms with Gasteiger partial charge in [0.05, 0.1) is 0 Å². The average Bonchev–Trinajstić information content (AvgIpc) is 2.62. The van der Waals surface area contributed by atoms with Crippen LogP contribution in [0.3, 0.4) is 0 Å². The van der Waals surface area contributed by atoms with Gasteiger partial charge < -0.3 is 5.32 Å². The molecule has 0 radical (unpaired) electrons. The van der Waals surface area contributed by atoms with E-state index in [1.54, 1.807) is 0 Å². The number of carbonyl (C=O) groups is 1. The molecule has 0 aliphatic heterocycles. The molecule has 1 amide bonds. The van der Waals surface area contributed by atoms with Gasteiger partial charge in [0.1, 0.15) is 0 Å². The number of amides is 1. The fraction of sp³-hybridized carbons (Fsp3) is 0. The summed E-state index contributed by atoms with van der Waals surface area (Å²) in [5.41, 5.74) is 1.42. The number of carbonyl (C=O) groups excluding carboxylic acids is 1. The molecule has 4 aromatic rings. The molecule has 4 aromatic carbocycles. The Bertz CT molecular complexity index is 1070. The minimum absolute atomic E-state index is 0.140. The fourth-order valence-corrected chi connectivity index (χ4v) is 3.23. The van der Waals surface area contributed by atoms with Crippen molar-refractivity contribution in [3.63, 3.8) is 0 Å². The molecule has 0 aromatic heterocycles. The molecule has 4 rings (SSSR count). The minimum Gasteiger partial charge on any atom is -0.321 e. The summed E-state index contributed by atoms with van der Waals surface area (Å²) >= 11 is 6.24. The molecule has 0 bridgehead atoms. The van der Waals surface area contributed by atoms with Crippen LogP contribution in [0, 0.1) is 0 Å². The first kappa shape index (κ1) is 14.7. The number of benzene rings is 4. The van der Waals surface area contributed by atoms with Crippen LogP contribution in [0.25, 0.3) is 21.5 Å². The van der Waals surface area contributed by atoms with Gasteiger partial charge in [-0.2, -0.15) is 0 Å². The molecule has 24 heavy (non-hydrogen) atoms. The minimum atomic E-state index is -0.140. The molecular weight excluding hydrogens is 318 g/mol. The van der Waals surface area contributed by atoms with Crippen LogP contribution in [-0.4, -0.2) is 5.91 Å². The van der Waals surface area contributed by atoms with E-state index >= 15 is 0 Å². The summed E-state index contributed by atoms with van der Waals surface area (Å²) in [6.45, 7) is 0. The van der Waals surface area contributed by atoms with E-state index in [-0.39, 0.29) is 5.91 Å². The number of nitrogens with one attached hydrogen (secondary N) is 1. The van der Waals surface area contributed by atoms with E-state index < -0.39 is 0 Å². The predicted molar refractivity (Wildman–Crippen MR) is 101 cm³/mol. The number of fused-ring (bicyclic) bond motifs is 2. The zero-order valence-electron chi connectivity index (χ0n) is 12.8. The highest BCUT2D eigenvalue weighted by atomic mass is 35.5. The normalized spacial score (nSPS) is 10.9. The highest BCUT2D eigenvalue weighted by Gasteiger charge is 2.12. The van der Waals surface area contributed by atoms with Gasteiger partial charge in [-0.25, -0.2) is 0 Å². The SMILES string of the molecule is O=C(Nc1cccc2ccccc12)c1cccc2c(Cl)cccc12. The van der Waals surface area contributed by atoms with Gasteiger partial charge in [-0.3, -0.25) is 4.79 Å². The van der Waals surface area contributed by atoms with E-state index in [1.807, 2.05) is 78.9 Å². The number of halogens is 1. The topological polar surface area (TPSA) is 29.1 Å². The molecule has 0 spiro atoms. The summed E-state index contributed by atoms with van der Waals surface area (Å²) in [6.07, 6.45) is 0. The number of hydrogen-bond donors (Lipinski definition) is 1. The number of rotatable bonds is 2. The first-order valence-electron chi connectivity index (χ1n) is 7.70. The number of hydrogen-bond acceptors (Lipinski definition) is 1. The summed E-state index contributed by atoms with van der Waals surface area (Å²) in [5, 5.41) is 7.52. The maximum atomic E-state index is 12.8. The van der Waals surface area contributed by atoms with Gasteiger partial charge in [-0.1, -0.05) is 72.3 Å². The summed E-state index contributed by atoms with van der Waals surface area (Å²) in [7, 11) is 0. The van der Waals surface area contributed by atoms with Gasteiger partial charge in [0.15, 0.2) is 0 Å². The third-order valence-corrected chi connectivity index (χ3v) is 4.48. The maximum absolute atomic E-state index is 12.8. The molecule has 0 saturated carbocycles. The lowest BCUT2D eigenvalue weighted by molar-refractivity contribution is 0.102. The largest absolute Gasteiger partial charge is 0.321 e. The summed E-state index contributed by atoms with van der Waals surface area (Å²) < 4.78 is 0. The second-order valence-corrected chi connectivity index (χ2v) is 6.03. The van der Waals surface area contributed by atoms with Crippen LogP contribution in [0.1, 0.15) is 10.4 Å². The van der Waals surface area contributed by atoms with Gasteiger partial charge in [0.2, 0.25) is 0 Å². The molecule has 116 valence electrons. The molecule has 0 aliphatic carbocycles. The molecule has 0 heterocycles. The Morgan fingerprint density at radius 2 is 1.38 bits per heavy atom. The van der Waals surface area contributed by atoms with E-state index in [0.717, 1.165) is 27.2 Å². The Kier molecular flexibility index (Phi) is 3.68. The lowest BCUT2D eigenvalue weighted by Crippen LogP contribution is -2.12. The summed E-state index contributed by atoms with van der Waals surface area (Å²) in [5.74, 6) is -0.140. The van der Waals surface area contributed by atoms with Crippen molar-refractivity contribution in [3.05, 3.63) is 89.4 Å². The highest BCUT2D eigenvalue weighted by molar-refractivity contribution is 6.36. The monoisotopic (exact) mass is 331 g/mol. The Balaban J connectivity index is 1.79. The molecule has 0 atom stereocenters. The van der Waals surface area contributed by atoms with E-state index in [4.69, 9.17) is 11.6 Å². The average molecular weight is 332 g/mol. The fourth-order valence-electron chi connectivity index (χ4n) is 2.99. The summed E-state index contributed by atoms with van der Waals surface area (Å²) in [6, 6.07) is 25.1. The zero-order chi connectivity index (χ0) is 16.5. The standard InChI is InChI=1S/C21H14ClNO/c22-19-12-5-9-16-17(19)10-4-11-18(16)21(24)23-20-13-3-7-14-6-1-2-8-15(14)20/h1-13H,(H,23,24). The van der Waals surface area contributed by atoms with Crippen LogP contribution in [0.4, 0.5) is 5.69 Å². The molecule has 3 heteroatoms. The van der Waals surface area contributed by atoms with Crippen LogP contribution in [0.15, 0.2) is 78.9 Å². The Morgan fingerprint density at radius 3 is 2.29 bits per heavy atom. The lowest BCUT2D eigenvalue weighted by atomic mass is 10.0. The van der Waals surface area contributed by atoms with Crippen LogP contribution in [0.5, 0.6) is 0 Å². The Hall–Kier alpha value is -2.84. The van der Waals surface area contributed by atoms with Crippen LogP contribution in [-0.2, 0) is 0 Å². The first-order valence-corrected chi connectivity index (χ1v) is 8.08. The van der Waals surface area contributed by atoms with Crippen molar-refractivity contribution in [2.75, 3.05) is 5.32 Å². The van der Waals surface area contributed by atoms with Crippen molar-refractivity contribution in [1.82, 2.24) is 0 Å². The van der Waals surface area contributed by atoms with E-state index in [1.165, 1.54) is 0 Å². The van der Waals surface area contributed by atoms with Crippen molar-refractivity contribution in [2.24, 2.45) is 0 Å². The van der Waals surface area contributed by atoms with Gasteiger partial charge in [0, 0.05) is 27.0 Å². The molecular formula is C21H14ClNO. The van der Waals surface area contributed by atoms with Crippen molar-refractivity contribution in [3.8, 4) is 0 Å². The predicted octanol–water partition coefficient (Wildman–Crippen LogP) is 5.90. The van der Waals surface area contributed by atoms with Crippen molar-refractivity contribution in [2.45, 2.75) is 0 Å². The third-order valence-electron chi connectivity index (χ3n) is 4.15.